The fourth-order valence-electron chi connectivity index (χ4n) is 4.60. The number of benzene rings is 2. The molecule has 0 amide bonds. The third-order valence-electron chi connectivity index (χ3n) is 7.37. The molecule has 21 heteroatoms. The average molecular weight is 864 g/mol. The van der Waals surface area contributed by atoms with Crippen LogP contribution in [0.25, 0.3) is 22.9 Å². The van der Waals surface area contributed by atoms with E-state index in [4.69, 9.17) is 23.4 Å². The number of carbonyl (C=O) groups excluding carboxylic acids is 2. The number of ether oxygens (including phenoxy) is 4. The highest BCUT2D eigenvalue weighted by molar-refractivity contribution is 9.09. The summed E-state index contributed by atoms with van der Waals surface area (Å²) in [5, 5.41) is 13.5. The molecule has 6 aromatic rings. The van der Waals surface area contributed by atoms with E-state index in [1.54, 1.807) is 37.4 Å². The molecular formula is C36H31BrF4N6O10. The Labute approximate surface area is 327 Å². The topological polar surface area (TPSA) is 204 Å². The van der Waals surface area contributed by atoms with Crippen LogP contribution in [0.5, 0.6) is 23.0 Å². The average Bonchev–Trinajstić information content (AvgIpc) is 3.93. The number of hydrogen-bond acceptors (Lipinski definition) is 14. The first kappa shape index (κ1) is 43.1. The summed E-state index contributed by atoms with van der Waals surface area (Å²) < 4.78 is 80.3. The normalized spacial score (nSPS) is 10.6. The van der Waals surface area contributed by atoms with E-state index < -0.39 is 30.2 Å². The minimum Gasteiger partial charge on any atom is -0.497 e. The summed E-state index contributed by atoms with van der Waals surface area (Å²) in [5.41, 5.74) is 0.360. The number of aromatic nitrogens is 6. The summed E-state index contributed by atoms with van der Waals surface area (Å²) in [7, 11) is 5.99. The molecule has 6 rings (SSSR count). The Morgan fingerprint density at radius 3 is 1.63 bits per heavy atom. The molecule has 0 aliphatic rings. The lowest BCUT2D eigenvalue weighted by molar-refractivity contribution is 0.0966. The van der Waals surface area contributed by atoms with Crippen molar-refractivity contribution in [3.05, 3.63) is 117 Å². The SMILES string of the molecule is COc1ccc(OC)c(C(=O)CBr)c1.COc1ccc(OC)c(C(=O)Cn2ccc(-c3nnc(C(F)F)o3)cc2=O)c1.O=c1cc(-c2nnc(C(F)F)o2)cc[nH]1. The van der Waals surface area contributed by atoms with Gasteiger partial charge in [-0.05, 0) is 48.5 Å². The summed E-state index contributed by atoms with van der Waals surface area (Å²) in [6, 6.07) is 15.1. The van der Waals surface area contributed by atoms with E-state index in [0.29, 0.717) is 34.1 Å². The maximum Gasteiger partial charge on any atom is 0.314 e. The zero-order valence-electron chi connectivity index (χ0n) is 30.2. The number of ketones is 2. The number of pyridine rings is 2. The molecule has 57 heavy (non-hydrogen) atoms. The highest BCUT2D eigenvalue weighted by Gasteiger charge is 2.20. The number of nitrogens with one attached hydrogen (secondary N) is 1. The van der Waals surface area contributed by atoms with Gasteiger partial charge in [-0.2, -0.15) is 17.6 Å². The number of nitrogens with zero attached hydrogens (tertiary/aromatic N) is 5. The fourth-order valence-corrected chi connectivity index (χ4v) is 4.91. The van der Waals surface area contributed by atoms with Gasteiger partial charge in [0.25, 0.3) is 17.3 Å². The first-order valence-electron chi connectivity index (χ1n) is 16.0. The summed E-state index contributed by atoms with van der Waals surface area (Å²) in [5.74, 6) is -0.269. The summed E-state index contributed by atoms with van der Waals surface area (Å²) in [4.78, 5) is 49.7. The third-order valence-corrected chi connectivity index (χ3v) is 7.88. The molecule has 0 saturated heterocycles. The Kier molecular flexibility index (Phi) is 15.4. The maximum absolute atomic E-state index is 12.6. The lowest BCUT2D eigenvalue weighted by atomic mass is 10.1. The number of methoxy groups -OCH3 is 4. The van der Waals surface area contributed by atoms with Crippen LogP contribution in [0.4, 0.5) is 17.6 Å². The summed E-state index contributed by atoms with van der Waals surface area (Å²) in [6.45, 7) is -0.255. The van der Waals surface area contributed by atoms with Gasteiger partial charge in [0.05, 0.1) is 51.4 Å². The van der Waals surface area contributed by atoms with E-state index >= 15 is 0 Å². The molecule has 0 aliphatic heterocycles. The molecular weight excluding hydrogens is 832 g/mol. The van der Waals surface area contributed by atoms with E-state index in [1.807, 2.05) is 0 Å². The standard InChI is InChI=1S/C18H15F2N3O5.C10H11BrO3.C8H5F2N3O2/c1-26-11-3-4-14(27-2)12(8-11)13(24)9-23-6-5-10(7-15(23)25)17-21-22-18(28-17)16(19)20;1-13-7-3-4-10(14-2)8(5-7)9(12)6-11;9-6(10)8-13-12-7(15-8)4-1-2-11-5(14)3-4/h3-8,16H,9H2,1-2H3;3-5H,6H2,1-2H3;1-3,6H,(H,11,14). The van der Waals surface area contributed by atoms with Crippen molar-refractivity contribution < 1.29 is 54.9 Å². The van der Waals surface area contributed by atoms with Gasteiger partial charge in [-0.25, -0.2) is 0 Å². The van der Waals surface area contributed by atoms with Crippen LogP contribution in [0.1, 0.15) is 45.3 Å². The fraction of sp³-hybridized carbons (Fsp3) is 0.222. The zero-order chi connectivity index (χ0) is 41.6. The highest BCUT2D eigenvalue weighted by Crippen LogP contribution is 2.27. The Balaban J connectivity index is 0.000000209. The summed E-state index contributed by atoms with van der Waals surface area (Å²) in [6.07, 6.45) is -3.01. The molecule has 0 spiro atoms. The molecule has 0 aliphatic carbocycles. The van der Waals surface area contributed by atoms with Crippen LogP contribution >= 0.6 is 15.9 Å². The minimum atomic E-state index is -2.91. The van der Waals surface area contributed by atoms with Crippen LogP contribution in [-0.4, -0.2) is 75.3 Å². The molecule has 0 bridgehead atoms. The Morgan fingerprint density at radius 2 is 1.21 bits per heavy atom. The molecule has 0 unspecified atom stereocenters. The van der Waals surface area contributed by atoms with E-state index in [1.165, 1.54) is 58.0 Å². The van der Waals surface area contributed by atoms with Crippen LogP contribution in [0, 0.1) is 0 Å². The van der Waals surface area contributed by atoms with Crippen molar-refractivity contribution in [3.63, 3.8) is 0 Å². The molecule has 16 nitrogen and oxygen atoms in total. The number of halogens is 5. The second-order valence-electron chi connectivity index (χ2n) is 10.9. The predicted octanol–water partition coefficient (Wildman–Crippen LogP) is 6.38. The number of hydrogen-bond donors (Lipinski definition) is 1. The van der Waals surface area contributed by atoms with Gasteiger partial charge < -0.3 is 37.3 Å². The molecule has 2 aromatic carbocycles. The lowest BCUT2D eigenvalue weighted by Crippen LogP contribution is -2.23. The van der Waals surface area contributed by atoms with E-state index in [9.17, 15) is 36.7 Å². The third kappa shape index (κ3) is 11.4. The smallest absolute Gasteiger partial charge is 0.314 e. The number of carbonyl (C=O) groups is 2. The van der Waals surface area contributed by atoms with Crippen molar-refractivity contribution in [1.29, 1.82) is 0 Å². The highest BCUT2D eigenvalue weighted by atomic mass is 79.9. The monoisotopic (exact) mass is 862 g/mol. The second kappa shape index (κ2) is 20.3. The van der Waals surface area contributed by atoms with Crippen molar-refractivity contribution in [2.24, 2.45) is 0 Å². The molecule has 0 saturated carbocycles. The molecule has 4 heterocycles. The van der Waals surface area contributed by atoms with Gasteiger partial charge in [-0.3, -0.25) is 19.2 Å². The molecule has 300 valence electrons. The predicted molar refractivity (Wildman–Crippen MR) is 196 cm³/mol. The van der Waals surface area contributed by atoms with Crippen LogP contribution < -0.4 is 30.1 Å². The van der Waals surface area contributed by atoms with Crippen molar-refractivity contribution in [1.82, 2.24) is 29.9 Å². The van der Waals surface area contributed by atoms with Crippen LogP contribution in [0.3, 0.4) is 0 Å². The van der Waals surface area contributed by atoms with Gasteiger partial charge in [0, 0.05) is 35.7 Å². The zero-order valence-corrected chi connectivity index (χ0v) is 31.8. The van der Waals surface area contributed by atoms with Crippen molar-refractivity contribution >= 4 is 27.5 Å². The van der Waals surface area contributed by atoms with Gasteiger partial charge in [0.1, 0.15) is 23.0 Å². The van der Waals surface area contributed by atoms with Gasteiger partial charge in [-0.1, -0.05) is 15.9 Å². The molecule has 4 aromatic heterocycles. The quantitative estimate of drug-likeness (QED) is 0.0761. The maximum atomic E-state index is 12.6. The number of aromatic amines is 1. The van der Waals surface area contributed by atoms with Crippen molar-refractivity contribution in [2.45, 2.75) is 19.4 Å². The number of rotatable bonds is 13. The number of alkyl halides is 5. The van der Waals surface area contributed by atoms with Crippen LogP contribution in [0.15, 0.2) is 91.5 Å². The molecule has 1 N–H and O–H groups in total. The first-order valence-corrected chi connectivity index (χ1v) is 17.1. The van der Waals surface area contributed by atoms with E-state index in [2.05, 4.69) is 45.7 Å². The minimum absolute atomic E-state index is 0.0271. The lowest BCUT2D eigenvalue weighted by Gasteiger charge is -2.11. The van der Waals surface area contributed by atoms with Gasteiger partial charge in [-0.15, -0.1) is 20.4 Å². The Bertz CT molecular complexity index is 2420. The largest absolute Gasteiger partial charge is 0.497 e. The van der Waals surface area contributed by atoms with Gasteiger partial charge >= 0.3 is 12.9 Å². The van der Waals surface area contributed by atoms with Crippen LogP contribution in [0.2, 0.25) is 0 Å². The van der Waals surface area contributed by atoms with Gasteiger partial charge in [0.15, 0.2) is 11.6 Å². The number of Topliss-reactive ketones (excluding diaryl/α,β-unsaturated/α-hetero) is 2. The Hall–Kier alpha value is -6.64. The van der Waals surface area contributed by atoms with E-state index in [-0.39, 0.29) is 51.9 Å². The summed E-state index contributed by atoms with van der Waals surface area (Å²) >= 11 is 3.12. The molecule has 0 atom stereocenters. The molecule has 0 fully saturated rings. The second-order valence-corrected chi connectivity index (χ2v) is 11.5. The molecule has 0 radical (unpaired) electrons. The first-order chi connectivity index (χ1) is 27.3. The van der Waals surface area contributed by atoms with E-state index in [0.717, 1.165) is 10.6 Å². The number of H-pyrrole nitrogens is 1. The van der Waals surface area contributed by atoms with Gasteiger partial charge in [0.2, 0.25) is 17.3 Å². The van der Waals surface area contributed by atoms with Crippen molar-refractivity contribution in [3.8, 4) is 45.9 Å². The van der Waals surface area contributed by atoms with Crippen LogP contribution in [-0.2, 0) is 6.54 Å². The Morgan fingerprint density at radius 1 is 0.702 bits per heavy atom. The van der Waals surface area contributed by atoms with Crippen molar-refractivity contribution in [2.75, 3.05) is 33.8 Å².